The van der Waals surface area contributed by atoms with Crippen LogP contribution < -0.4 is 10.0 Å². The molecule has 0 atom stereocenters. The first-order valence-corrected chi connectivity index (χ1v) is 7.29. The van der Waals surface area contributed by atoms with Crippen molar-refractivity contribution in [3.05, 3.63) is 29.3 Å². The molecule has 94 valence electrons. The maximum absolute atomic E-state index is 12.0. The highest BCUT2D eigenvalue weighted by Crippen LogP contribution is 2.19. The second kappa shape index (κ2) is 4.76. The summed E-state index contributed by atoms with van der Waals surface area (Å²) in [4.78, 5) is 0.362. The zero-order chi connectivity index (χ0) is 12.5. The van der Waals surface area contributed by atoms with Gasteiger partial charge in [-0.3, -0.25) is 0 Å². The lowest BCUT2D eigenvalue weighted by molar-refractivity contribution is 0.560. The van der Waals surface area contributed by atoms with E-state index in [4.69, 9.17) is 0 Å². The third-order valence-electron chi connectivity index (χ3n) is 2.80. The molecule has 0 saturated heterocycles. The molecule has 1 heterocycles. The van der Waals surface area contributed by atoms with Crippen LogP contribution >= 0.6 is 0 Å². The molecular weight excluding hydrogens is 236 g/mol. The molecule has 0 aromatic heterocycles. The SMILES string of the molecule is CC(C)CNS(=O)(=O)c1ccc2c(c1)CNC2. The van der Waals surface area contributed by atoms with E-state index in [2.05, 4.69) is 10.0 Å². The Labute approximate surface area is 102 Å². The predicted molar refractivity (Wildman–Crippen MR) is 67.0 cm³/mol. The molecule has 1 aliphatic heterocycles. The van der Waals surface area contributed by atoms with Crippen molar-refractivity contribution >= 4 is 10.0 Å². The highest BCUT2D eigenvalue weighted by atomic mass is 32.2. The van der Waals surface area contributed by atoms with Crippen molar-refractivity contribution in [2.24, 2.45) is 5.92 Å². The minimum Gasteiger partial charge on any atom is -0.309 e. The minimum atomic E-state index is -3.35. The predicted octanol–water partition coefficient (Wildman–Crippen LogP) is 1.22. The third kappa shape index (κ3) is 2.86. The summed E-state index contributed by atoms with van der Waals surface area (Å²) < 4.78 is 26.6. The molecule has 0 fully saturated rings. The molecule has 17 heavy (non-hydrogen) atoms. The smallest absolute Gasteiger partial charge is 0.240 e. The van der Waals surface area contributed by atoms with Crippen molar-refractivity contribution in [1.82, 2.24) is 10.0 Å². The number of hydrogen-bond donors (Lipinski definition) is 2. The van der Waals surface area contributed by atoms with E-state index in [1.807, 2.05) is 19.9 Å². The Kier molecular flexibility index (Phi) is 3.51. The molecule has 2 N–H and O–H groups in total. The largest absolute Gasteiger partial charge is 0.309 e. The molecule has 0 saturated carbocycles. The van der Waals surface area contributed by atoms with Crippen molar-refractivity contribution in [2.45, 2.75) is 31.8 Å². The first kappa shape index (κ1) is 12.5. The molecule has 2 rings (SSSR count). The molecular formula is C12H18N2O2S. The fourth-order valence-corrected chi connectivity index (χ4v) is 3.06. The van der Waals surface area contributed by atoms with Crippen molar-refractivity contribution < 1.29 is 8.42 Å². The number of sulfonamides is 1. The van der Waals surface area contributed by atoms with Gasteiger partial charge in [0.1, 0.15) is 0 Å². The first-order valence-electron chi connectivity index (χ1n) is 5.81. The van der Waals surface area contributed by atoms with Gasteiger partial charge in [0.15, 0.2) is 0 Å². The lowest BCUT2D eigenvalue weighted by atomic mass is 10.1. The number of nitrogens with one attached hydrogen (secondary N) is 2. The molecule has 1 aliphatic rings. The van der Waals surface area contributed by atoms with Crippen LogP contribution in [0.15, 0.2) is 23.1 Å². The maximum Gasteiger partial charge on any atom is 0.240 e. The van der Waals surface area contributed by atoms with Gasteiger partial charge in [-0.25, -0.2) is 13.1 Å². The molecule has 0 unspecified atom stereocenters. The average molecular weight is 254 g/mol. The number of benzene rings is 1. The number of fused-ring (bicyclic) bond motifs is 1. The van der Waals surface area contributed by atoms with Crippen LogP contribution in [0.2, 0.25) is 0 Å². The summed E-state index contributed by atoms with van der Waals surface area (Å²) >= 11 is 0. The maximum atomic E-state index is 12.0. The highest BCUT2D eigenvalue weighted by Gasteiger charge is 2.17. The van der Waals surface area contributed by atoms with E-state index >= 15 is 0 Å². The van der Waals surface area contributed by atoms with Crippen LogP contribution in [0.1, 0.15) is 25.0 Å². The van der Waals surface area contributed by atoms with Crippen LogP contribution in [-0.2, 0) is 23.1 Å². The molecule has 1 aromatic rings. The van der Waals surface area contributed by atoms with Gasteiger partial charge in [-0.2, -0.15) is 0 Å². The molecule has 0 amide bonds. The third-order valence-corrected chi connectivity index (χ3v) is 4.22. The normalized spacial score (nSPS) is 15.2. The van der Waals surface area contributed by atoms with E-state index in [0.717, 1.165) is 18.7 Å². The van der Waals surface area contributed by atoms with Gasteiger partial charge >= 0.3 is 0 Å². The molecule has 0 aliphatic carbocycles. The first-order chi connectivity index (χ1) is 7.99. The van der Waals surface area contributed by atoms with E-state index in [1.54, 1.807) is 12.1 Å². The Morgan fingerprint density at radius 2 is 2.00 bits per heavy atom. The van der Waals surface area contributed by atoms with Crippen molar-refractivity contribution in [3.63, 3.8) is 0 Å². The van der Waals surface area contributed by atoms with E-state index < -0.39 is 10.0 Å². The Morgan fingerprint density at radius 1 is 1.29 bits per heavy atom. The topological polar surface area (TPSA) is 58.2 Å². The van der Waals surface area contributed by atoms with Crippen LogP contribution in [0.3, 0.4) is 0 Å². The van der Waals surface area contributed by atoms with Gasteiger partial charge in [-0.1, -0.05) is 19.9 Å². The Morgan fingerprint density at radius 3 is 2.71 bits per heavy atom. The molecule has 5 heteroatoms. The average Bonchev–Trinajstić information content (AvgIpc) is 2.73. The summed E-state index contributed by atoms with van der Waals surface area (Å²) in [7, 11) is -3.35. The van der Waals surface area contributed by atoms with Crippen LogP contribution in [0.25, 0.3) is 0 Å². The Balaban J connectivity index is 2.22. The molecule has 4 nitrogen and oxygen atoms in total. The Hall–Kier alpha value is -0.910. The second-order valence-corrected chi connectivity index (χ2v) is 6.55. The standard InChI is InChI=1S/C12H18N2O2S/c1-9(2)6-14-17(15,16)12-4-3-10-7-13-8-11(10)5-12/h3-5,9,13-14H,6-8H2,1-2H3. The number of rotatable bonds is 4. The van der Waals surface area contributed by atoms with Gasteiger partial charge in [-0.05, 0) is 29.2 Å². The number of hydrogen-bond acceptors (Lipinski definition) is 3. The monoisotopic (exact) mass is 254 g/mol. The van der Waals surface area contributed by atoms with Gasteiger partial charge in [0.2, 0.25) is 10.0 Å². The van der Waals surface area contributed by atoms with Gasteiger partial charge in [-0.15, -0.1) is 0 Å². The molecule has 0 spiro atoms. The van der Waals surface area contributed by atoms with Crippen LogP contribution in [0.5, 0.6) is 0 Å². The zero-order valence-corrected chi connectivity index (χ0v) is 11.0. The summed E-state index contributed by atoms with van der Waals surface area (Å²) in [6, 6.07) is 5.33. The van der Waals surface area contributed by atoms with E-state index in [0.29, 0.717) is 17.4 Å². The summed E-state index contributed by atoms with van der Waals surface area (Å²) in [5, 5.41) is 3.20. The fourth-order valence-electron chi connectivity index (χ4n) is 1.80. The quantitative estimate of drug-likeness (QED) is 0.849. The molecule has 0 bridgehead atoms. The Bertz CT molecular complexity index is 509. The van der Waals surface area contributed by atoms with Crippen LogP contribution in [-0.4, -0.2) is 15.0 Å². The van der Waals surface area contributed by atoms with Crippen molar-refractivity contribution in [3.8, 4) is 0 Å². The summed E-state index contributed by atoms with van der Waals surface area (Å²) in [6.45, 7) is 6.01. The fraction of sp³-hybridized carbons (Fsp3) is 0.500. The lowest BCUT2D eigenvalue weighted by Crippen LogP contribution is -2.27. The van der Waals surface area contributed by atoms with Gasteiger partial charge in [0.05, 0.1) is 4.90 Å². The summed E-state index contributed by atoms with van der Waals surface area (Å²) in [6.07, 6.45) is 0. The lowest BCUT2D eigenvalue weighted by Gasteiger charge is -2.09. The summed E-state index contributed by atoms with van der Waals surface area (Å²) in [5.41, 5.74) is 2.27. The van der Waals surface area contributed by atoms with Crippen LogP contribution in [0.4, 0.5) is 0 Å². The van der Waals surface area contributed by atoms with E-state index in [1.165, 1.54) is 5.56 Å². The van der Waals surface area contributed by atoms with Crippen molar-refractivity contribution in [1.29, 1.82) is 0 Å². The zero-order valence-electron chi connectivity index (χ0n) is 10.2. The minimum absolute atomic E-state index is 0.306. The highest BCUT2D eigenvalue weighted by molar-refractivity contribution is 7.89. The van der Waals surface area contributed by atoms with E-state index in [-0.39, 0.29) is 0 Å². The van der Waals surface area contributed by atoms with Gasteiger partial charge in [0.25, 0.3) is 0 Å². The van der Waals surface area contributed by atoms with E-state index in [9.17, 15) is 8.42 Å². The molecule has 1 aromatic carbocycles. The summed E-state index contributed by atoms with van der Waals surface area (Å²) in [5.74, 6) is 0.306. The second-order valence-electron chi connectivity index (χ2n) is 4.78. The van der Waals surface area contributed by atoms with Gasteiger partial charge in [0, 0.05) is 19.6 Å². The van der Waals surface area contributed by atoms with Gasteiger partial charge < -0.3 is 5.32 Å². The van der Waals surface area contributed by atoms with Crippen molar-refractivity contribution in [2.75, 3.05) is 6.54 Å². The molecule has 0 radical (unpaired) electrons. The van der Waals surface area contributed by atoms with Crippen LogP contribution in [0, 0.1) is 5.92 Å².